The quantitative estimate of drug-likeness (QED) is 0.776. The van der Waals surface area contributed by atoms with Crippen LogP contribution < -0.4 is 16.0 Å². The van der Waals surface area contributed by atoms with Gasteiger partial charge in [-0.05, 0) is 37.1 Å². The Kier molecular flexibility index (Phi) is 4.39. The predicted octanol–water partition coefficient (Wildman–Crippen LogP) is 1.73. The second-order valence-electron chi connectivity index (χ2n) is 4.80. The number of rotatable bonds is 3. The van der Waals surface area contributed by atoms with Crippen LogP contribution in [0.4, 0.5) is 11.4 Å². The topological polar surface area (TPSA) is 70.2 Å². The van der Waals surface area contributed by atoms with Gasteiger partial charge in [-0.15, -0.1) is 0 Å². The summed E-state index contributed by atoms with van der Waals surface area (Å²) < 4.78 is 0. The standard InChI is InChI=1S/C14H19N3O2/c1-10(18)16-11-4-6-12(7-5-11)17-13-3-2-8-15-14(19)9-13/h4-7,13,17H,2-3,8-9H2,1H3,(H,15,19)(H,16,18). The molecule has 1 aliphatic rings. The van der Waals surface area contributed by atoms with E-state index in [0.717, 1.165) is 30.8 Å². The maximum absolute atomic E-state index is 11.5. The van der Waals surface area contributed by atoms with Gasteiger partial charge in [-0.3, -0.25) is 9.59 Å². The third kappa shape index (κ3) is 4.28. The van der Waals surface area contributed by atoms with Crippen molar-refractivity contribution in [3.8, 4) is 0 Å². The molecule has 5 nitrogen and oxygen atoms in total. The van der Waals surface area contributed by atoms with Crippen molar-refractivity contribution in [3.63, 3.8) is 0 Å². The highest BCUT2D eigenvalue weighted by Gasteiger charge is 2.16. The van der Waals surface area contributed by atoms with E-state index in [9.17, 15) is 9.59 Å². The Bertz CT molecular complexity index is 456. The highest BCUT2D eigenvalue weighted by Crippen LogP contribution is 2.17. The van der Waals surface area contributed by atoms with E-state index in [-0.39, 0.29) is 17.9 Å². The summed E-state index contributed by atoms with van der Waals surface area (Å²) in [5.41, 5.74) is 1.74. The summed E-state index contributed by atoms with van der Waals surface area (Å²) in [4.78, 5) is 22.4. The van der Waals surface area contributed by atoms with Gasteiger partial charge in [-0.25, -0.2) is 0 Å². The largest absolute Gasteiger partial charge is 0.382 e. The summed E-state index contributed by atoms with van der Waals surface area (Å²) >= 11 is 0. The lowest BCUT2D eigenvalue weighted by atomic mass is 10.1. The molecule has 0 bridgehead atoms. The lowest BCUT2D eigenvalue weighted by Gasteiger charge is -2.16. The molecular weight excluding hydrogens is 242 g/mol. The van der Waals surface area contributed by atoms with Gasteiger partial charge in [-0.2, -0.15) is 0 Å². The van der Waals surface area contributed by atoms with Gasteiger partial charge in [0.25, 0.3) is 0 Å². The number of anilines is 2. The van der Waals surface area contributed by atoms with Crippen LogP contribution in [-0.2, 0) is 9.59 Å². The summed E-state index contributed by atoms with van der Waals surface area (Å²) in [5.74, 6) is 0.0195. The molecule has 1 aliphatic heterocycles. The van der Waals surface area contributed by atoms with E-state index in [0.29, 0.717) is 6.42 Å². The minimum Gasteiger partial charge on any atom is -0.382 e. The molecule has 1 atom stereocenters. The first-order chi connectivity index (χ1) is 9.13. The smallest absolute Gasteiger partial charge is 0.222 e. The zero-order valence-corrected chi connectivity index (χ0v) is 11.0. The number of carbonyl (C=O) groups excluding carboxylic acids is 2. The molecule has 1 saturated heterocycles. The van der Waals surface area contributed by atoms with Crippen LogP contribution in [0.2, 0.25) is 0 Å². The Morgan fingerprint density at radius 3 is 2.63 bits per heavy atom. The van der Waals surface area contributed by atoms with Gasteiger partial charge in [0.15, 0.2) is 0 Å². The number of hydrogen-bond acceptors (Lipinski definition) is 3. The molecule has 1 aromatic rings. The molecule has 19 heavy (non-hydrogen) atoms. The van der Waals surface area contributed by atoms with Gasteiger partial charge >= 0.3 is 0 Å². The van der Waals surface area contributed by atoms with Crippen molar-refractivity contribution in [2.75, 3.05) is 17.2 Å². The summed E-state index contributed by atoms with van der Waals surface area (Å²) in [6.07, 6.45) is 2.48. The Morgan fingerprint density at radius 1 is 1.26 bits per heavy atom. The molecule has 102 valence electrons. The molecule has 1 unspecified atom stereocenters. The minimum atomic E-state index is -0.0823. The van der Waals surface area contributed by atoms with Crippen molar-refractivity contribution in [1.29, 1.82) is 0 Å². The number of amides is 2. The third-order valence-corrected chi connectivity index (χ3v) is 3.06. The Hall–Kier alpha value is -2.04. The van der Waals surface area contributed by atoms with Crippen LogP contribution >= 0.6 is 0 Å². The Morgan fingerprint density at radius 2 is 1.95 bits per heavy atom. The van der Waals surface area contributed by atoms with Crippen LogP contribution in [0.15, 0.2) is 24.3 Å². The van der Waals surface area contributed by atoms with Gasteiger partial charge < -0.3 is 16.0 Å². The normalized spacial score (nSPS) is 19.2. The second-order valence-corrected chi connectivity index (χ2v) is 4.80. The highest BCUT2D eigenvalue weighted by atomic mass is 16.2. The maximum Gasteiger partial charge on any atom is 0.222 e. The van der Waals surface area contributed by atoms with E-state index in [1.807, 2.05) is 24.3 Å². The maximum atomic E-state index is 11.5. The second kappa shape index (κ2) is 6.22. The Labute approximate surface area is 112 Å². The predicted molar refractivity (Wildman–Crippen MR) is 75.0 cm³/mol. The van der Waals surface area contributed by atoms with Crippen molar-refractivity contribution >= 4 is 23.2 Å². The average Bonchev–Trinajstić information content (AvgIpc) is 2.55. The summed E-state index contributed by atoms with van der Waals surface area (Å²) in [5, 5.41) is 8.94. The van der Waals surface area contributed by atoms with Gasteiger partial charge in [0.05, 0.1) is 0 Å². The van der Waals surface area contributed by atoms with E-state index in [4.69, 9.17) is 0 Å². The molecule has 2 amide bonds. The molecule has 2 rings (SSSR count). The fourth-order valence-electron chi connectivity index (χ4n) is 2.19. The van der Waals surface area contributed by atoms with Crippen LogP contribution in [0, 0.1) is 0 Å². The van der Waals surface area contributed by atoms with E-state index < -0.39 is 0 Å². The molecule has 0 spiro atoms. The minimum absolute atomic E-state index is 0.0823. The lowest BCUT2D eigenvalue weighted by Crippen LogP contribution is -2.26. The van der Waals surface area contributed by atoms with E-state index >= 15 is 0 Å². The van der Waals surface area contributed by atoms with Crippen molar-refractivity contribution in [1.82, 2.24) is 5.32 Å². The number of hydrogen-bond donors (Lipinski definition) is 3. The fourth-order valence-corrected chi connectivity index (χ4v) is 2.19. The molecule has 0 saturated carbocycles. The van der Waals surface area contributed by atoms with Crippen LogP contribution in [0.5, 0.6) is 0 Å². The van der Waals surface area contributed by atoms with E-state index in [1.54, 1.807) is 0 Å². The van der Waals surface area contributed by atoms with Gasteiger partial charge in [0.2, 0.25) is 11.8 Å². The zero-order chi connectivity index (χ0) is 13.7. The molecule has 3 N–H and O–H groups in total. The first-order valence-corrected chi connectivity index (χ1v) is 6.54. The lowest BCUT2D eigenvalue weighted by molar-refractivity contribution is -0.121. The molecule has 0 radical (unpaired) electrons. The molecule has 1 aromatic carbocycles. The van der Waals surface area contributed by atoms with E-state index in [1.165, 1.54) is 6.92 Å². The van der Waals surface area contributed by atoms with Crippen LogP contribution in [-0.4, -0.2) is 24.4 Å². The SMILES string of the molecule is CC(=O)Nc1ccc(NC2CCCNC(=O)C2)cc1. The molecule has 0 aromatic heterocycles. The average molecular weight is 261 g/mol. The summed E-state index contributed by atoms with van der Waals surface area (Å²) in [6, 6.07) is 7.69. The molecule has 5 heteroatoms. The van der Waals surface area contributed by atoms with Crippen molar-refractivity contribution in [3.05, 3.63) is 24.3 Å². The molecule has 1 heterocycles. The Balaban J connectivity index is 1.94. The van der Waals surface area contributed by atoms with E-state index in [2.05, 4.69) is 16.0 Å². The number of nitrogens with one attached hydrogen (secondary N) is 3. The van der Waals surface area contributed by atoms with Gasteiger partial charge in [-0.1, -0.05) is 0 Å². The highest BCUT2D eigenvalue weighted by molar-refractivity contribution is 5.88. The first kappa shape index (κ1) is 13.4. The zero-order valence-electron chi connectivity index (χ0n) is 11.0. The van der Waals surface area contributed by atoms with Gasteiger partial charge in [0, 0.05) is 37.3 Å². The van der Waals surface area contributed by atoms with Crippen molar-refractivity contribution < 1.29 is 9.59 Å². The molecule has 0 aliphatic carbocycles. The molecular formula is C14H19N3O2. The molecule has 1 fully saturated rings. The summed E-state index contributed by atoms with van der Waals surface area (Å²) in [6.45, 7) is 2.24. The number of carbonyl (C=O) groups is 2. The number of benzene rings is 1. The summed E-state index contributed by atoms with van der Waals surface area (Å²) in [7, 11) is 0. The fraction of sp³-hybridized carbons (Fsp3) is 0.429. The van der Waals surface area contributed by atoms with Crippen LogP contribution in [0.1, 0.15) is 26.2 Å². The van der Waals surface area contributed by atoms with Crippen molar-refractivity contribution in [2.45, 2.75) is 32.2 Å². The van der Waals surface area contributed by atoms with Gasteiger partial charge in [0.1, 0.15) is 0 Å². The first-order valence-electron chi connectivity index (χ1n) is 6.54. The monoisotopic (exact) mass is 261 g/mol. The third-order valence-electron chi connectivity index (χ3n) is 3.06. The van der Waals surface area contributed by atoms with Crippen molar-refractivity contribution in [2.24, 2.45) is 0 Å². The van der Waals surface area contributed by atoms with Crippen LogP contribution in [0.25, 0.3) is 0 Å². The van der Waals surface area contributed by atoms with Crippen LogP contribution in [0.3, 0.4) is 0 Å².